The highest BCUT2D eigenvalue weighted by molar-refractivity contribution is 7.86. The Morgan fingerprint density at radius 2 is 1.33 bits per heavy atom. The third-order valence-electron chi connectivity index (χ3n) is 7.35. The van der Waals surface area contributed by atoms with Crippen LogP contribution >= 0.6 is 0 Å². The first-order valence-electron chi connectivity index (χ1n) is 15.9. The molecule has 1 fully saturated rings. The molecule has 0 aliphatic carbocycles. The molecule has 1 aromatic rings. The highest BCUT2D eigenvalue weighted by Gasteiger charge is 2.24. The van der Waals surface area contributed by atoms with Gasteiger partial charge in [-0.15, -0.1) is 0 Å². The zero-order chi connectivity index (χ0) is 27.9. The molecule has 226 valence electrons. The SMILES string of the molecule is CCCCCCCCCCCCCCCCCCOCC(COC1CCCCO1)OS(=O)(=O)c1ccccc1. The van der Waals surface area contributed by atoms with Gasteiger partial charge in [-0.1, -0.05) is 121 Å². The van der Waals surface area contributed by atoms with E-state index in [4.69, 9.17) is 18.4 Å². The van der Waals surface area contributed by atoms with Crippen LogP contribution in [0.4, 0.5) is 0 Å². The van der Waals surface area contributed by atoms with Crippen LogP contribution in [0.3, 0.4) is 0 Å². The van der Waals surface area contributed by atoms with Gasteiger partial charge in [0.05, 0.1) is 18.1 Å². The van der Waals surface area contributed by atoms with Crippen LogP contribution in [0.5, 0.6) is 0 Å². The minimum absolute atomic E-state index is 0.121. The van der Waals surface area contributed by atoms with Crippen molar-refractivity contribution in [2.75, 3.05) is 26.4 Å². The van der Waals surface area contributed by atoms with Gasteiger partial charge >= 0.3 is 0 Å². The number of hydrogen-bond acceptors (Lipinski definition) is 6. The van der Waals surface area contributed by atoms with Gasteiger partial charge in [0, 0.05) is 13.2 Å². The molecule has 0 N–H and O–H groups in total. The summed E-state index contributed by atoms with van der Waals surface area (Å²) < 4.78 is 48.2. The lowest BCUT2D eigenvalue weighted by Crippen LogP contribution is -2.32. The molecule has 2 unspecified atom stereocenters. The summed E-state index contributed by atoms with van der Waals surface area (Å²) in [7, 11) is -3.89. The van der Waals surface area contributed by atoms with Crippen LogP contribution in [0.15, 0.2) is 35.2 Å². The van der Waals surface area contributed by atoms with Crippen molar-refractivity contribution in [1.29, 1.82) is 0 Å². The van der Waals surface area contributed by atoms with Crippen LogP contribution in [0.25, 0.3) is 0 Å². The fraction of sp³-hybridized carbons (Fsp3) is 0.812. The van der Waals surface area contributed by atoms with Gasteiger partial charge in [0.25, 0.3) is 10.1 Å². The summed E-state index contributed by atoms with van der Waals surface area (Å²) in [4.78, 5) is 0.140. The molecular formula is C32H56O6S. The lowest BCUT2D eigenvalue weighted by molar-refractivity contribution is -0.176. The number of ether oxygens (including phenoxy) is 3. The molecule has 0 saturated carbocycles. The predicted octanol–water partition coefficient (Wildman–Crippen LogP) is 8.58. The van der Waals surface area contributed by atoms with Crippen molar-refractivity contribution < 1.29 is 26.8 Å². The molecule has 0 aromatic heterocycles. The Balaban J connectivity index is 1.51. The van der Waals surface area contributed by atoms with Crippen LogP contribution in [-0.4, -0.2) is 47.2 Å². The molecule has 0 spiro atoms. The maximum absolute atomic E-state index is 12.7. The van der Waals surface area contributed by atoms with Crippen LogP contribution < -0.4 is 0 Å². The Morgan fingerprint density at radius 1 is 0.769 bits per heavy atom. The Bertz CT molecular complexity index is 779. The second kappa shape index (κ2) is 22.7. The summed E-state index contributed by atoms with van der Waals surface area (Å²) in [6, 6.07) is 8.22. The number of hydrogen-bond donors (Lipinski definition) is 0. The van der Waals surface area contributed by atoms with Gasteiger partial charge in [-0.2, -0.15) is 8.42 Å². The molecule has 1 heterocycles. The highest BCUT2D eigenvalue weighted by Crippen LogP contribution is 2.18. The molecule has 1 aliphatic rings. The van der Waals surface area contributed by atoms with Gasteiger partial charge in [-0.3, -0.25) is 4.18 Å². The maximum Gasteiger partial charge on any atom is 0.297 e. The Hall–Kier alpha value is -0.990. The summed E-state index contributed by atoms with van der Waals surface area (Å²) in [6.07, 6.45) is 23.2. The van der Waals surface area contributed by atoms with E-state index in [0.29, 0.717) is 13.2 Å². The van der Waals surface area contributed by atoms with Gasteiger partial charge in [-0.05, 0) is 37.8 Å². The molecule has 2 atom stereocenters. The molecule has 6 nitrogen and oxygen atoms in total. The number of benzene rings is 1. The molecule has 7 heteroatoms. The first-order valence-corrected chi connectivity index (χ1v) is 17.3. The van der Waals surface area contributed by atoms with Crippen molar-refractivity contribution >= 4 is 10.1 Å². The topological polar surface area (TPSA) is 71.1 Å². The lowest BCUT2D eigenvalue weighted by Gasteiger charge is -2.25. The Labute approximate surface area is 239 Å². The van der Waals surface area contributed by atoms with Crippen LogP contribution in [0.2, 0.25) is 0 Å². The molecule has 0 amide bonds. The number of rotatable bonds is 25. The summed E-state index contributed by atoms with van der Waals surface area (Å²) in [5.41, 5.74) is 0. The van der Waals surface area contributed by atoms with Crippen molar-refractivity contribution in [2.45, 2.75) is 146 Å². The van der Waals surface area contributed by atoms with Crippen molar-refractivity contribution in [2.24, 2.45) is 0 Å². The normalized spacial score (nSPS) is 16.9. The summed E-state index contributed by atoms with van der Waals surface area (Å²) in [5, 5.41) is 0. The third-order valence-corrected chi connectivity index (χ3v) is 8.72. The van der Waals surface area contributed by atoms with E-state index in [0.717, 1.165) is 32.1 Å². The van der Waals surface area contributed by atoms with Gasteiger partial charge < -0.3 is 14.2 Å². The first kappa shape index (κ1) is 34.2. The van der Waals surface area contributed by atoms with Crippen LogP contribution in [0.1, 0.15) is 129 Å². The fourth-order valence-corrected chi connectivity index (χ4v) is 6.02. The van der Waals surface area contributed by atoms with E-state index in [-0.39, 0.29) is 24.4 Å². The lowest BCUT2D eigenvalue weighted by atomic mass is 10.0. The predicted molar refractivity (Wildman–Crippen MR) is 158 cm³/mol. The zero-order valence-electron chi connectivity index (χ0n) is 24.7. The third kappa shape index (κ3) is 17.4. The van der Waals surface area contributed by atoms with Gasteiger partial charge in [0.15, 0.2) is 6.29 Å². The van der Waals surface area contributed by atoms with E-state index in [9.17, 15) is 8.42 Å². The smallest absolute Gasteiger partial charge is 0.297 e. The standard InChI is InChI=1S/C32H56O6S/c1-2-3-4-5-6-7-8-9-10-11-12-13-14-15-16-21-26-35-28-30(29-37-32-25-20-22-27-36-32)38-39(33,34)31-23-18-17-19-24-31/h17-19,23-24,30,32H,2-16,20-22,25-29H2,1H3. The van der Waals surface area contributed by atoms with Gasteiger partial charge in [0.2, 0.25) is 0 Å². The quantitative estimate of drug-likeness (QED) is 0.0869. The van der Waals surface area contributed by atoms with E-state index < -0.39 is 16.2 Å². The average molecular weight is 569 g/mol. The van der Waals surface area contributed by atoms with Crippen molar-refractivity contribution in [3.05, 3.63) is 30.3 Å². The van der Waals surface area contributed by atoms with Crippen molar-refractivity contribution in [1.82, 2.24) is 0 Å². The van der Waals surface area contributed by atoms with Crippen LogP contribution in [-0.2, 0) is 28.5 Å². The first-order chi connectivity index (χ1) is 19.1. The second-order valence-electron chi connectivity index (χ2n) is 11.0. The zero-order valence-corrected chi connectivity index (χ0v) is 25.5. The summed E-state index contributed by atoms with van der Waals surface area (Å²) in [6.45, 7) is 3.85. The van der Waals surface area contributed by atoms with E-state index >= 15 is 0 Å². The Morgan fingerprint density at radius 3 is 1.87 bits per heavy atom. The monoisotopic (exact) mass is 568 g/mol. The van der Waals surface area contributed by atoms with Gasteiger partial charge in [0.1, 0.15) is 6.10 Å². The molecule has 39 heavy (non-hydrogen) atoms. The minimum atomic E-state index is -3.89. The van der Waals surface area contributed by atoms with E-state index in [1.165, 1.54) is 102 Å². The minimum Gasteiger partial charge on any atom is -0.379 e. The molecular weight excluding hydrogens is 512 g/mol. The second-order valence-corrected chi connectivity index (χ2v) is 12.6. The van der Waals surface area contributed by atoms with E-state index in [1.807, 2.05) is 0 Å². The highest BCUT2D eigenvalue weighted by atomic mass is 32.2. The summed E-state index contributed by atoms with van der Waals surface area (Å²) >= 11 is 0. The summed E-state index contributed by atoms with van der Waals surface area (Å²) in [5.74, 6) is 0. The molecule has 1 aliphatic heterocycles. The van der Waals surface area contributed by atoms with E-state index in [2.05, 4.69) is 6.92 Å². The van der Waals surface area contributed by atoms with Gasteiger partial charge in [-0.25, -0.2) is 0 Å². The van der Waals surface area contributed by atoms with Crippen LogP contribution in [0, 0.1) is 0 Å². The molecule has 2 rings (SSSR count). The molecule has 1 aromatic carbocycles. The molecule has 0 bridgehead atoms. The average Bonchev–Trinajstić information content (AvgIpc) is 2.96. The van der Waals surface area contributed by atoms with E-state index in [1.54, 1.807) is 18.2 Å². The van der Waals surface area contributed by atoms with Crippen molar-refractivity contribution in [3.63, 3.8) is 0 Å². The Kier molecular flexibility index (Phi) is 19.9. The molecule has 1 saturated heterocycles. The molecule has 0 radical (unpaired) electrons. The number of unbranched alkanes of at least 4 members (excludes halogenated alkanes) is 15. The van der Waals surface area contributed by atoms with Crippen molar-refractivity contribution in [3.8, 4) is 0 Å². The maximum atomic E-state index is 12.7. The largest absolute Gasteiger partial charge is 0.379 e. The fourth-order valence-electron chi connectivity index (χ4n) is 4.95.